The summed E-state index contributed by atoms with van der Waals surface area (Å²) in [4.78, 5) is 20.5. The molecule has 0 amide bonds. The van der Waals surface area contributed by atoms with Crippen LogP contribution in [-0.4, -0.2) is 9.85 Å². The van der Waals surface area contributed by atoms with E-state index in [2.05, 4.69) is 20.5 Å². The smallest absolute Gasteiger partial charge is 0.258 e. The van der Waals surface area contributed by atoms with E-state index in [0.717, 1.165) is 17.5 Å². The van der Waals surface area contributed by atoms with Crippen molar-refractivity contribution in [3.8, 4) is 0 Å². The fraction of sp³-hybridized carbons (Fsp3) is 0.0400. The van der Waals surface area contributed by atoms with Crippen molar-refractivity contribution in [1.82, 2.24) is 0 Å². The fourth-order valence-electron chi connectivity index (χ4n) is 3.11. The van der Waals surface area contributed by atoms with E-state index in [1.54, 1.807) is 24.3 Å². The Morgan fingerprint density at radius 2 is 0.714 bits per heavy atom. The van der Waals surface area contributed by atoms with Crippen LogP contribution in [0.5, 0.6) is 0 Å². The van der Waals surface area contributed by atoms with E-state index in [1.807, 2.05) is 48.5 Å². The number of non-ortho nitro benzene ring substituents is 2. The number of hydrogen-bond donors (Lipinski definition) is 0. The molecule has 0 bridgehead atoms. The van der Waals surface area contributed by atoms with Gasteiger partial charge in [-0.05, 0) is 66.1 Å². The van der Waals surface area contributed by atoms with Gasteiger partial charge in [0.25, 0.3) is 11.4 Å². The average Bonchev–Trinajstić information content (AvgIpc) is 2.88. The third-order valence-electron chi connectivity index (χ3n) is 4.96. The van der Waals surface area contributed by atoms with Crippen LogP contribution in [0.1, 0.15) is 11.1 Å². The second-order valence-electron chi connectivity index (χ2n) is 7.46. The third kappa shape index (κ3) is 6.45. The lowest BCUT2D eigenvalue weighted by atomic mass is 10.0. The van der Waals surface area contributed by atoms with Crippen LogP contribution in [-0.2, 0) is 6.42 Å². The summed E-state index contributed by atoms with van der Waals surface area (Å²) in [6.07, 6.45) is 0.722. The van der Waals surface area contributed by atoms with Crippen LogP contribution in [0.2, 0.25) is 0 Å². The van der Waals surface area contributed by atoms with Crippen molar-refractivity contribution in [2.45, 2.75) is 6.42 Å². The molecule has 0 aliphatic rings. The highest BCUT2D eigenvalue weighted by Gasteiger charge is 2.04. The summed E-state index contributed by atoms with van der Waals surface area (Å²) in [6, 6.07) is 27.0. The first-order valence-electron chi connectivity index (χ1n) is 10.5. The van der Waals surface area contributed by atoms with Crippen molar-refractivity contribution in [2.24, 2.45) is 20.5 Å². The molecule has 4 rings (SSSR count). The molecule has 35 heavy (non-hydrogen) atoms. The lowest BCUT2D eigenvalue weighted by Crippen LogP contribution is -1.86. The Bertz CT molecular complexity index is 1270. The Hall–Kier alpha value is -5.12. The Balaban J connectivity index is 1.33. The summed E-state index contributed by atoms with van der Waals surface area (Å²) in [7, 11) is 0. The minimum absolute atomic E-state index is 0.00823. The second-order valence-corrected chi connectivity index (χ2v) is 7.46. The van der Waals surface area contributed by atoms with E-state index in [1.165, 1.54) is 24.3 Å². The third-order valence-corrected chi connectivity index (χ3v) is 4.96. The van der Waals surface area contributed by atoms with Crippen molar-refractivity contribution in [1.29, 1.82) is 0 Å². The molecular weight excluding hydrogens is 448 g/mol. The number of nitrogens with zero attached hydrogens (tertiary/aromatic N) is 6. The van der Waals surface area contributed by atoms with Gasteiger partial charge in [0.05, 0.1) is 32.6 Å². The summed E-state index contributed by atoms with van der Waals surface area (Å²) in [5, 5.41) is 38.0. The minimum Gasteiger partial charge on any atom is -0.258 e. The highest BCUT2D eigenvalue weighted by molar-refractivity contribution is 5.47. The van der Waals surface area contributed by atoms with E-state index < -0.39 is 9.85 Å². The quantitative estimate of drug-likeness (QED) is 0.148. The van der Waals surface area contributed by atoms with Gasteiger partial charge in [-0.15, -0.1) is 0 Å². The maximum atomic E-state index is 10.7. The predicted molar refractivity (Wildman–Crippen MR) is 130 cm³/mol. The molecule has 0 aliphatic carbocycles. The molecule has 10 heteroatoms. The molecule has 0 saturated carbocycles. The summed E-state index contributed by atoms with van der Waals surface area (Å²) in [6.45, 7) is 0. The Kier molecular flexibility index (Phi) is 7.02. The van der Waals surface area contributed by atoms with Crippen molar-refractivity contribution in [3.05, 3.63) is 128 Å². The average molecular weight is 466 g/mol. The molecule has 0 saturated heterocycles. The van der Waals surface area contributed by atoms with Crippen LogP contribution in [0.25, 0.3) is 0 Å². The first-order valence-corrected chi connectivity index (χ1v) is 10.5. The van der Waals surface area contributed by atoms with Crippen LogP contribution < -0.4 is 0 Å². The van der Waals surface area contributed by atoms with Gasteiger partial charge in [0.2, 0.25) is 0 Å². The molecule has 0 N–H and O–H groups in total. The van der Waals surface area contributed by atoms with Crippen LogP contribution in [0.4, 0.5) is 34.1 Å². The van der Waals surface area contributed by atoms with E-state index in [-0.39, 0.29) is 11.4 Å². The zero-order valence-electron chi connectivity index (χ0n) is 18.3. The summed E-state index contributed by atoms with van der Waals surface area (Å²) in [5.74, 6) is 0. The lowest BCUT2D eigenvalue weighted by Gasteiger charge is -2.03. The van der Waals surface area contributed by atoms with Gasteiger partial charge in [-0.25, -0.2) is 0 Å². The molecule has 10 nitrogen and oxygen atoms in total. The van der Waals surface area contributed by atoms with Crippen molar-refractivity contribution < 1.29 is 9.85 Å². The minimum atomic E-state index is -0.459. The number of benzene rings is 4. The Morgan fingerprint density at radius 3 is 0.971 bits per heavy atom. The van der Waals surface area contributed by atoms with Gasteiger partial charge in [0.15, 0.2) is 0 Å². The van der Waals surface area contributed by atoms with E-state index in [0.29, 0.717) is 22.7 Å². The monoisotopic (exact) mass is 466 g/mol. The highest BCUT2D eigenvalue weighted by atomic mass is 16.6. The molecule has 4 aromatic carbocycles. The molecule has 172 valence electrons. The molecule has 4 aromatic rings. The maximum absolute atomic E-state index is 10.7. The van der Waals surface area contributed by atoms with Gasteiger partial charge in [0.1, 0.15) is 0 Å². The first kappa shape index (κ1) is 23.1. The fourth-order valence-corrected chi connectivity index (χ4v) is 3.11. The van der Waals surface area contributed by atoms with Gasteiger partial charge in [0, 0.05) is 24.3 Å². The van der Waals surface area contributed by atoms with Crippen molar-refractivity contribution in [3.63, 3.8) is 0 Å². The van der Waals surface area contributed by atoms with Crippen LogP contribution in [0.15, 0.2) is 118 Å². The summed E-state index contributed by atoms with van der Waals surface area (Å²) < 4.78 is 0. The normalized spacial score (nSPS) is 11.2. The van der Waals surface area contributed by atoms with Gasteiger partial charge in [-0.2, -0.15) is 20.5 Å². The first-order chi connectivity index (χ1) is 17.0. The molecule has 0 radical (unpaired) electrons. The number of nitro benzene ring substituents is 2. The largest absolute Gasteiger partial charge is 0.269 e. The van der Waals surface area contributed by atoms with Crippen LogP contribution in [0, 0.1) is 20.2 Å². The molecule has 0 fully saturated rings. The van der Waals surface area contributed by atoms with E-state index >= 15 is 0 Å². The maximum Gasteiger partial charge on any atom is 0.269 e. The molecular formula is C25H18N6O4. The van der Waals surface area contributed by atoms with Gasteiger partial charge >= 0.3 is 0 Å². The van der Waals surface area contributed by atoms with Crippen molar-refractivity contribution in [2.75, 3.05) is 0 Å². The number of rotatable bonds is 8. The molecule has 0 spiro atoms. The standard InChI is InChI=1S/C25H18N6O4/c32-30(33)24-13-9-22(10-14-24)28-26-20-5-1-18(2-6-20)17-19-3-7-21(8-4-19)27-29-23-11-15-25(16-12-23)31(34)35/h1-16H,17H2. The zero-order chi connectivity index (χ0) is 24.6. The Morgan fingerprint density at radius 1 is 0.457 bits per heavy atom. The predicted octanol–water partition coefficient (Wildman–Crippen LogP) is 7.92. The summed E-state index contributed by atoms with van der Waals surface area (Å²) >= 11 is 0. The van der Waals surface area contributed by atoms with Gasteiger partial charge in [-0.1, -0.05) is 24.3 Å². The number of azo groups is 2. The second kappa shape index (κ2) is 10.7. The zero-order valence-corrected chi connectivity index (χ0v) is 18.3. The molecule has 0 heterocycles. The molecule has 0 aromatic heterocycles. The van der Waals surface area contributed by atoms with Gasteiger partial charge < -0.3 is 0 Å². The lowest BCUT2D eigenvalue weighted by molar-refractivity contribution is -0.385. The highest BCUT2D eigenvalue weighted by Crippen LogP contribution is 2.24. The van der Waals surface area contributed by atoms with Crippen LogP contribution in [0.3, 0.4) is 0 Å². The SMILES string of the molecule is O=[N+]([O-])c1ccc(N=Nc2ccc(Cc3ccc(N=Nc4ccc([N+](=O)[O-])cc4)cc3)cc2)cc1. The van der Waals surface area contributed by atoms with Gasteiger partial charge in [-0.3, -0.25) is 20.2 Å². The van der Waals surface area contributed by atoms with Crippen LogP contribution >= 0.6 is 0 Å². The molecule has 0 aliphatic heterocycles. The molecule has 0 atom stereocenters. The van der Waals surface area contributed by atoms with E-state index in [9.17, 15) is 20.2 Å². The number of nitro groups is 2. The van der Waals surface area contributed by atoms with E-state index in [4.69, 9.17) is 0 Å². The Labute approximate surface area is 199 Å². The topological polar surface area (TPSA) is 136 Å². The summed E-state index contributed by atoms with van der Waals surface area (Å²) in [5.41, 5.74) is 4.63. The van der Waals surface area contributed by atoms with Crippen molar-refractivity contribution >= 4 is 34.1 Å². The molecule has 0 unspecified atom stereocenters. The number of hydrogen-bond acceptors (Lipinski definition) is 8.